The van der Waals surface area contributed by atoms with Crippen molar-refractivity contribution in [3.63, 3.8) is 0 Å². The van der Waals surface area contributed by atoms with E-state index in [9.17, 15) is 10.1 Å². The highest BCUT2D eigenvalue weighted by molar-refractivity contribution is 5.77. The standard InChI is InChI=1S/C24H23N5O4/c1-14-21-22(17(11-25)23(26)33-24(21)29-28-14)16-8-9-18(19(10-16)31-2)32-13-20(30)27-12-15-6-4-3-5-7-15/h3-10,22H,12-13,26H2,1-2H3,(H,27,30)(H,28,29)/t22-/m1/s1. The number of ether oxygens (including phenoxy) is 3. The lowest BCUT2D eigenvalue weighted by Crippen LogP contribution is -2.28. The third-order valence-electron chi connectivity index (χ3n) is 5.34. The molecule has 2 heterocycles. The van der Waals surface area contributed by atoms with Crippen molar-refractivity contribution >= 4 is 5.91 Å². The van der Waals surface area contributed by atoms with Gasteiger partial charge >= 0.3 is 0 Å². The van der Waals surface area contributed by atoms with E-state index in [1.165, 1.54) is 7.11 Å². The average molecular weight is 445 g/mol. The van der Waals surface area contributed by atoms with E-state index in [1.807, 2.05) is 37.3 Å². The summed E-state index contributed by atoms with van der Waals surface area (Å²) in [5, 5.41) is 19.5. The van der Waals surface area contributed by atoms with Crippen LogP contribution in [0.4, 0.5) is 0 Å². The number of nitriles is 1. The Kier molecular flexibility index (Phi) is 6.17. The number of carbonyl (C=O) groups excluding carboxylic acids is 1. The first-order chi connectivity index (χ1) is 16.0. The third kappa shape index (κ3) is 4.45. The van der Waals surface area contributed by atoms with E-state index in [1.54, 1.807) is 18.2 Å². The highest BCUT2D eigenvalue weighted by atomic mass is 16.5. The van der Waals surface area contributed by atoms with Crippen LogP contribution in [-0.4, -0.2) is 29.8 Å². The molecule has 1 aromatic heterocycles. The Morgan fingerprint density at radius 1 is 1.27 bits per heavy atom. The van der Waals surface area contributed by atoms with Crippen molar-refractivity contribution in [1.82, 2.24) is 15.5 Å². The number of benzene rings is 2. The molecular formula is C24H23N5O4. The molecule has 9 nitrogen and oxygen atoms in total. The van der Waals surface area contributed by atoms with Crippen molar-refractivity contribution in [2.75, 3.05) is 13.7 Å². The maximum Gasteiger partial charge on any atom is 0.258 e. The van der Waals surface area contributed by atoms with E-state index in [-0.39, 0.29) is 24.0 Å². The van der Waals surface area contributed by atoms with Gasteiger partial charge in [-0.2, -0.15) is 5.26 Å². The summed E-state index contributed by atoms with van der Waals surface area (Å²) in [6.45, 7) is 2.10. The molecule has 0 saturated carbocycles. The average Bonchev–Trinajstić information content (AvgIpc) is 3.20. The normalized spacial score (nSPS) is 14.6. The Bertz CT molecular complexity index is 1240. The summed E-state index contributed by atoms with van der Waals surface area (Å²) in [6, 6.07) is 17.0. The lowest BCUT2D eigenvalue weighted by molar-refractivity contribution is -0.123. The van der Waals surface area contributed by atoms with Crippen molar-refractivity contribution in [3.8, 4) is 23.4 Å². The predicted molar refractivity (Wildman–Crippen MR) is 119 cm³/mol. The van der Waals surface area contributed by atoms with Crippen LogP contribution in [0.5, 0.6) is 17.4 Å². The van der Waals surface area contributed by atoms with E-state index in [2.05, 4.69) is 21.6 Å². The number of aromatic amines is 1. The van der Waals surface area contributed by atoms with Crippen LogP contribution in [0.1, 0.15) is 28.3 Å². The summed E-state index contributed by atoms with van der Waals surface area (Å²) in [5.41, 5.74) is 9.51. The fourth-order valence-electron chi connectivity index (χ4n) is 3.71. The summed E-state index contributed by atoms with van der Waals surface area (Å²) in [6.07, 6.45) is 0. The number of hydrogen-bond acceptors (Lipinski definition) is 7. The maximum atomic E-state index is 12.2. The van der Waals surface area contributed by atoms with E-state index >= 15 is 0 Å². The molecule has 1 atom stereocenters. The van der Waals surface area contributed by atoms with Crippen LogP contribution in [-0.2, 0) is 11.3 Å². The van der Waals surface area contributed by atoms with Gasteiger partial charge in [0, 0.05) is 17.8 Å². The molecule has 0 unspecified atom stereocenters. The topological polar surface area (TPSA) is 135 Å². The molecule has 33 heavy (non-hydrogen) atoms. The Morgan fingerprint density at radius 3 is 2.79 bits per heavy atom. The van der Waals surface area contributed by atoms with E-state index in [0.717, 1.165) is 22.4 Å². The largest absolute Gasteiger partial charge is 0.493 e. The molecule has 0 fully saturated rings. The number of aryl methyl sites for hydroxylation is 1. The third-order valence-corrected chi connectivity index (χ3v) is 5.34. The second-order valence-electron chi connectivity index (χ2n) is 7.45. The molecule has 168 valence electrons. The zero-order valence-electron chi connectivity index (χ0n) is 18.2. The van der Waals surface area contributed by atoms with Crippen LogP contribution in [0, 0.1) is 18.3 Å². The lowest BCUT2D eigenvalue weighted by Gasteiger charge is -2.24. The van der Waals surface area contributed by atoms with Gasteiger partial charge < -0.3 is 25.3 Å². The zero-order chi connectivity index (χ0) is 23.4. The fourth-order valence-corrected chi connectivity index (χ4v) is 3.71. The van der Waals surface area contributed by atoms with E-state index in [4.69, 9.17) is 19.9 Å². The van der Waals surface area contributed by atoms with Crippen molar-refractivity contribution in [3.05, 3.63) is 82.4 Å². The van der Waals surface area contributed by atoms with Crippen LogP contribution in [0.15, 0.2) is 60.0 Å². The van der Waals surface area contributed by atoms with Gasteiger partial charge in [0.15, 0.2) is 18.1 Å². The number of carbonyl (C=O) groups is 1. The Balaban J connectivity index is 1.52. The second-order valence-corrected chi connectivity index (χ2v) is 7.45. The highest BCUT2D eigenvalue weighted by Gasteiger charge is 2.34. The number of aromatic nitrogens is 2. The van der Waals surface area contributed by atoms with Gasteiger partial charge in [0.1, 0.15) is 11.6 Å². The number of nitrogens with zero attached hydrogens (tertiary/aromatic N) is 2. The van der Waals surface area contributed by atoms with Gasteiger partial charge in [-0.05, 0) is 30.2 Å². The molecule has 1 aliphatic heterocycles. The molecule has 1 amide bonds. The summed E-state index contributed by atoms with van der Waals surface area (Å²) in [5.74, 6) is 0.445. The van der Waals surface area contributed by atoms with E-state index in [0.29, 0.717) is 23.9 Å². The predicted octanol–water partition coefficient (Wildman–Crippen LogP) is 2.64. The molecule has 0 aliphatic carbocycles. The number of nitrogens with one attached hydrogen (secondary N) is 2. The number of rotatable bonds is 7. The van der Waals surface area contributed by atoms with Crippen LogP contribution in [0.2, 0.25) is 0 Å². The first-order valence-corrected chi connectivity index (χ1v) is 10.3. The van der Waals surface area contributed by atoms with E-state index < -0.39 is 5.92 Å². The number of hydrogen-bond donors (Lipinski definition) is 3. The van der Waals surface area contributed by atoms with Gasteiger partial charge in [0.25, 0.3) is 5.91 Å². The maximum absolute atomic E-state index is 12.2. The molecule has 0 bridgehead atoms. The van der Waals surface area contributed by atoms with Crippen molar-refractivity contribution in [2.45, 2.75) is 19.4 Å². The number of amides is 1. The SMILES string of the molecule is COc1cc([C@@H]2C(C#N)=C(N)Oc3n[nH]c(C)c32)ccc1OCC(=O)NCc1ccccc1. The van der Waals surface area contributed by atoms with Gasteiger partial charge in [-0.25, -0.2) is 0 Å². The lowest BCUT2D eigenvalue weighted by atomic mass is 9.84. The Morgan fingerprint density at radius 2 is 2.06 bits per heavy atom. The van der Waals surface area contributed by atoms with Crippen molar-refractivity contribution < 1.29 is 19.0 Å². The van der Waals surface area contributed by atoms with Crippen LogP contribution >= 0.6 is 0 Å². The smallest absolute Gasteiger partial charge is 0.258 e. The number of methoxy groups -OCH3 is 1. The second kappa shape index (κ2) is 9.36. The number of fused-ring (bicyclic) bond motifs is 1. The molecule has 4 N–H and O–H groups in total. The minimum absolute atomic E-state index is 0.0101. The summed E-state index contributed by atoms with van der Waals surface area (Å²) >= 11 is 0. The minimum Gasteiger partial charge on any atom is -0.493 e. The molecule has 1 aliphatic rings. The molecular weight excluding hydrogens is 422 g/mol. The number of H-pyrrole nitrogens is 1. The highest BCUT2D eigenvalue weighted by Crippen LogP contribution is 2.44. The number of nitrogens with two attached hydrogens (primary N) is 1. The minimum atomic E-state index is -0.477. The number of allylic oxidation sites excluding steroid dienone is 1. The van der Waals surface area contributed by atoms with Crippen LogP contribution < -0.4 is 25.3 Å². The molecule has 3 aromatic rings. The monoisotopic (exact) mass is 445 g/mol. The Labute approximate surface area is 190 Å². The van der Waals surface area contributed by atoms with Gasteiger partial charge in [-0.15, -0.1) is 5.10 Å². The molecule has 0 saturated heterocycles. The molecule has 9 heteroatoms. The van der Waals surface area contributed by atoms with Gasteiger partial charge in [0.2, 0.25) is 11.8 Å². The summed E-state index contributed by atoms with van der Waals surface area (Å²) in [7, 11) is 1.51. The first kappa shape index (κ1) is 21.8. The van der Waals surface area contributed by atoms with Gasteiger partial charge in [-0.1, -0.05) is 36.4 Å². The molecule has 0 spiro atoms. The molecule has 2 aromatic carbocycles. The van der Waals surface area contributed by atoms with Gasteiger partial charge in [-0.3, -0.25) is 9.89 Å². The summed E-state index contributed by atoms with van der Waals surface area (Å²) < 4.78 is 16.7. The quantitative estimate of drug-likeness (QED) is 0.509. The van der Waals surface area contributed by atoms with Crippen LogP contribution in [0.3, 0.4) is 0 Å². The van der Waals surface area contributed by atoms with Gasteiger partial charge in [0.05, 0.1) is 13.0 Å². The summed E-state index contributed by atoms with van der Waals surface area (Å²) in [4.78, 5) is 12.2. The van der Waals surface area contributed by atoms with Crippen molar-refractivity contribution in [1.29, 1.82) is 5.26 Å². The first-order valence-electron chi connectivity index (χ1n) is 10.3. The molecule has 0 radical (unpaired) electrons. The fraction of sp³-hybridized carbons (Fsp3) is 0.208. The Hall–Kier alpha value is -4.45. The molecule has 4 rings (SSSR count). The van der Waals surface area contributed by atoms with Crippen molar-refractivity contribution in [2.24, 2.45) is 5.73 Å². The zero-order valence-corrected chi connectivity index (χ0v) is 18.2. The van der Waals surface area contributed by atoms with Crippen LogP contribution in [0.25, 0.3) is 0 Å².